The van der Waals surface area contributed by atoms with E-state index in [4.69, 9.17) is 0 Å². The summed E-state index contributed by atoms with van der Waals surface area (Å²) in [7, 11) is 4.14. The van der Waals surface area contributed by atoms with Gasteiger partial charge in [0.25, 0.3) is 0 Å². The Morgan fingerprint density at radius 3 is 2.76 bits per heavy atom. The van der Waals surface area contributed by atoms with E-state index in [9.17, 15) is 10.1 Å². The first kappa shape index (κ1) is 14.1. The van der Waals surface area contributed by atoms with Crippen LogP contribution in [-0.2, 0) is 6.54 Å². The van der Waals surface area contributed by atoms with E-state index in [1.54, 1.807) is 6.07 Å². The highest BCUT2D eigenvalue weighted by molar-refractivity contribution is 7.15. The molecule has 0 saturated heterocycles. The Bertz CT molecular complexity index is 352. The number of rotatable bonds is 8. The SMILES string of the molecule is CN(C)CCCCNCc1ccc([N+](=O)[O-])s1. The van der Waals surface area contributed by atoms with Crippen LogP contribution in [0.4, 0.5) is 5.00 Å². The Labute approximate surface area is 106 Å². The average molecular weight is 257 g/mol. The van der Waals surface area contributed by atoms with Crippen LogP contribution in [0.1, 0.15) is 17.7 Å². The highest BCUT2D eigenvalue weighted by Crippen LogP contribution is 2.23. The van der Waals surface area contributed by atoms with Crippen molar-refractivity contribution in [3.8, 4) is 0 Å². The number of hydrogen-bond donors (Lipinski definition) is 1. The van der Waals surface area contributed by atoms with E-state index < -0.39 is 0 Å². The zero-order chi connectivity index (χ0) is 12.7. The topological polar surface area (TPSA) is 58.4 Å². The zero-order valence-corrected chi connectivity index (χ0v) is 11.1. The minimum Gasteiger partial charge on any atom is -0.312 e. The lowest BCUT2D eigenvalue weighted by Crippen LogP contribution is -2.17. The molecule has 0 unspecified atom stereocenters. The highest BCUT2D eigenvalue weighted by atomic mass is 32.1. The van der Waals surface area contributed by atoms with E-state index >= 15 is 0 Å². The molecule has 0 atom stereocenters. The molecule has 0 fully saturated rings. The molecule has 1 aromatic rings. The summed E-state index contributed by atoms with van der Waals surface area (Å²) in [6.45, 7) is 2.78. The maximum atomic E-state index is 10.5. The van der Waals surface area contributed by atoms with Crippen LogP contribution < -0.4 is 5.32 Å². The summed E-state index contributed by atoms with van der Waals surface area (Å²) >= 11 is 1.24. The summed E-state index contributed by atoms with van der Waals surface area (Å²) in [6.07, 6.45) is 2.30. The van der Waals surface area contributed by atoms with Crippen LogP contribution >= 0.6 is 11.3 Å². The van der Waals surface area contributed by atoms with Gasteiger partial charge in [-0.25, -0.2) is 0 Å². The Hall–Kier alpha value is -0.980. The molecule has 1 rings (SSSR count). The van der Waals surface area contributed by atoms with Crippen LogP contribution in [0.25, 0.3) is 0 Å². The molecule has 17 heavy (non-hydrogen) atoms. The summed E-state index contributed by atoms with van der Waals surface area (Å²) in [5, 5.41) is 14.0. The summed E-state index contributed by atoms with van der Waals surface area (Å²) in [6, 6.07) is 3.38. The minimum absolute atomic E-state index is 0.217. The van der Waals surface area contributed by atoms with E-state index in [2.05, 4.69) is 24.3 Å². The third-order valence-electron chi connectivity index (χ3n) is 2.34. The molecule has 1 aromatic heterocycles. The molecule has 0 aliphatic carbocycles. The third-order valence-corrected chi connectivity index (χ3v) is 3.37. The van der Waals surface area contributed by atoms with Gasteiger partial charge < -0.3 is 10.2 Å². The van der Waals surface area contributed by atoms with E-state index in [-0.39, 0.29) is 9.92 Å². The van der Waals surface area contributed by atoms with Crippen molar-refractivity contribution < 1.29 is 4.92 Å². The molecule has 96 valence electrons. The van der Waals surface area contributed by atoms with Gasteiger partial charge in [-0.3, -0.25) is 10.1 Å². The molecule has 0 spiro atoms. The van der Waals surface area contributed by atoms with Gasteiger partial charge in [0.2, 0.25) is 0 Å². The standard InChI is InChI=1S/C11H19N3O2S/c1-13(2)8-4-3-7-12-9-10-5-6-11(17-10)14(15)16/h5-6,12H,3-4,7-9H2,1-2H3. The second kappa shape index (κ2) is 7.37. The first-order valence-electron chi connectivity index (χ1n) is 5.68. The summed E-state index contributed by atoms with van der Waals surface area (Å²) in [5.74, 6) is 0. The fraction of sp³-hybridized carbons (Fsp3) is 0.636. The molecule has 0 aliphatic rings. The normalized spacial score (nSPS) is 11.0. The van der Waals surface area contributed by atoms with Gasteiger partial charge in [-0.15, -0.1) is 0 Å². The lowest BCUT2D eigenvalue weighted by Gasteiger charge is -2.08. The number of hydrogen-bond acceptors (Lipinski definition) is 5. The molecule has 0 aromatic carbocycles. The Morgan fingerprint density at radius 1 is 1.41 bits per heavy atom. The van der Waals surface area contributed by atoms with E-state index in [1.165, 1.54) is 17.8 Å². The fourth-order valence-electron chi connectivity index (χ4n) is 1.45. The lowest BCUT2D eigenvalue weighted by atomic mass is 10.3. The molecule has 0 radical (unpaired) electrons. The second-order valence-electron chi connectivity index (χ2n) is 4.18. The Morgan fingerprint density at radius 2 is 2.18 bits per heavy atom. The van der Waals surface area contributed by atoms with Gasteiger partial charge in [-0.05, 0) is 46.1 Å². The van der Waals surface area contributed by atoms with Crippen LogP contribution in [0.3, 0.4) is 0 Å². The van der Waals surface area contributed by atoms with Gasteiger partial charge in [0.15, 0.2) is 0 Å². The first-order chi connectivity index (χ1) is 8.09. The predicted octanol–water partition coefficient (Wildman–Crippen LogP) is 2.09. The van der Waals surface area contributed by atoms with Crippen molar-refractivity contribution in [2.75, 3.05) is 27.2 Å². The zero-order valence-electron chi connectivity index (χ0n) is 10.3. The third kappa shape index (κ3) is 5.76. The number of thiophene rings is 1. The van der Waals surface area contributed by atoms with E-state index in [0.717, 1.165) is 30.9 Å². The van der Waals surface area contributed by atoms with Crippen molar-refractivity contribution in [3.63, 3.8) is 0 Å². The highest BCUT2D eigenvalue weighted by Gasteiger charge is 2.08. The Balaban J connectivity index is 2.11. The van der Waals surface area contributed by atoms with Crippen molar-refractivity contribution in [2.24, 2.45) is 0 Å². The van der Waals surface area contributed by atoms with Gasteiger partial charge >= 0.3 is 5.00 Å². The first-order valence-corrected chi connectivity index (χ1v) is 6.50. The molecular formula is C11H19N3O2S. The van der Waals surface area contributed by atoms with Crippen molar-refractivity contribution in [3.05, 3.63) is 27.1 Å². The van der Waals surface area contributed by atoms with E-state index in [1.807, 2.05) is 6.07 Å². The molecule has 0 amide bonds. The number of unbranched alkanes of at least 4 members (excludes halogenated alkanes) is 1. The molecule has 5 nitrogen and oxygen atoms in total. The van der Waals surface area contributed by atoms with E-state index in [0.29, 0.717) is 0 Å². The van der Waals surface area contributed by atoms with Crippen LogP contribution in [0.2, 0.25) is 0 Å². The van der Waals surface area contributed by atoms with Crippen molar-refractivity contribution in [1.29, 1.82) is 0 Å². The van der Waals surface area contributed by atoms with Crippen LogP contribution in [0.5, 0.6) is 0 Å². The summed E-state index contributed by atoms with van der Waals surface area (Å²) < 4.78 is 0. The maximum absolute atomic E-state index is 10.5. The molecule has 1 heterocycles. The van der Waals surface area contributed by atoms with Crippen molar-refractivity contribution >= 4 is 16.3 Å². The molecule has 0 aliphatic heterocycles. The quantitative estimate of drug-likeness (QED) is 0.440. The van der Waals surface area contributed by atoms with Gasteiger partial charge in [0.05, 0.1) is 4.92 Å². The minimum atomic E-state index is -0.342. The average Bonchev–Trinajstić information content (AvgIpc) is 2.71. The van der Waals surface area contributed by atoms with Crippen LogP contribution in [-0.4, -0.2) is 37.0 Å². The van der Waals surface area contributed by atoms with Crippen molar-refractivity contribution in [2.45, 2.75) is 19.4 Å². The summed E-state index contributed by atoms with van der Waals surface area (Å²) in [5.41, 5.74) is 0. The molecule has 0 bridgehead atoms. The fourth-order valence-corrected chi connectivity index (χ4v) is 2.24. The number of nitrogens with zero attached hydrogens (tertiary/aromatic N) is 2. The Kier molecular flexibility index (Phi) is 6.10. The molecule has 0 saturated carbocycles. The summed E-state index contributed by atoms with van der Waals surface area (Å²) in [4.78, 5) is 13.3. The monoisotopic (exact) mass is 257 g/mol. The molecule has 6 heteroatoms. The van der Waals surface area contributed by atoms with Gasteiger partial charge in [0, 0.05) is 17.5 Å². The lowest BCUT2D eigenvalue weighted by molar-refractivity contribution is -0.380. The molecule has 1 N–H and O–H groups in total. The molecular weight excluding hydrogens is 238 g/mol. The number of nitro groups is 1. The van der Waals surface area contributed by atoms with Crippen LogP contribution in [0, 0.1) is 10.1 Å². The van der Waals surface area contributed by atoms with Gasteiger partial charge in [0.1, 0.15) is 0 Å². The van der Waals surface area contributed by atoms with Gasteiger partial charge in [-0.2, -0.15) is 0 Å². The van der Waals surface area contributed by atoms with Crippen LogP contribution in [0.15, 0.2) is 12.1 Å². The number of nitrogens with one attached hydrogen (secondary N) is 1. The maximum Gasteiger partial charge on any atom is 0.324 e. The smallest absolute Gasteiger partial charge is 0.312 e. The predicted molar refractivity (Wildman–Crippen MR) is 70.5 cm³/mol. The van der Waals surface area contributed by atoms with Gasteiger partial charge in [-0.1, -0.05) is 11.3 Å². The largest absolute Gasteiger partial charge is 0.324 e. The van der Waals surface area contributed by atoms with Crippen molar-refractivity contribution in [1.82, 2.24) is 10.2 Å². The second-order valence-corrected chi connectivity index (χ2v) is 5.33.